The number of Topliss-reactive ketones (excluding diaryl/α,β-unsaturated/α-hetero) is 1. The molecule has 0 saturated heterocycles. The Hall–Kier alpha value is -1.75. The number of methoxy groups -OCH3 is 1. The number of rotatable bonds is 4. The minimum Gasteiger partial charge on any atom is -0.494 e. The fourth-order valence-corrected chi connectivity index (χ4v) is 2.09. The Morgan fingerprint density at radius 1 is 1.37 bits per heavy atom. The van der Waals surface area contributed by atoms with Crippen molar-refractivity contribution in [2.75, 3.05) is 7.11 Å². The van der Waals surface area contributed by atoms with Gasteiger partial charge >= 0.3 is 0 Å². The number of ketones is 1. The highest BCUT2D eigenvalue weighted by atomic mass is 79.9. The Balaban J connectivity index is 2.20. The zero-order valence-corrected chi connectivity index (χ0v) is 11.8. The summed E-state index contributed by atoms with van der Waals surface area (Å²) in [5.74, 6) is -0.528. The predicted octanol–water partition coefficient (Wildman–Crippen LogP) is 3.42. The van der Waals surface area contributed by atoms with Crippen LogP contribution in [0.15, 0.2) is 41.1 Å². The molecule has 98 valence electrons. The average Bonchev–Trinajstić information content (AvgIpc) is 2.39. The number of ether oxygens (including phenoxy) is 1. The molecule has 3 nitrogen and oxygen atoms in total. The van der Waals surface area contributed by atoms with E-state index in [-0.39, 0.29) is 18.0 Å². The van der Waals surface area contributed by atoms with Gasteiger partial charge in [-0.05, 0) is 45.8 Å². The van der Waals surface area contributed by atoms with Gasteiger partial charge < -0.3 is 4.74 Å². The largest absolute Gasteiger partial charge is 0.494 e. The van der Waals surface area contributed by atoms with Crippen LogP contribution in [0.5, 0.6) is 5.75 Å². The molecule has 0 atom stereocenters. The molecule has 0 N–H and O–H groups in total. The predicted molar refractivity (Wildman–Crippen MR) is 72.9 cm³/mol. The molecule has 0 unspecified atom stereocenters. The second-order valence-corrected chi connectivity index (χ2v) is 4.88. The number of benzene rings is 1. The molecule has 2 aromatic rings. The Morgan fingerprint density at radius 2 is 2.16 bits per heavy atom. The van der Waals surface area contributed by atoms with Gasteiger partial charge in [-0.15, -0.1) is 0 Å². The smallest absolute Gasteiger partial charge is 0.167 e. The van der Waals surface area contributed by atoms with Crippen molar-refractivity contribution >= 4 is 21.7 Å². The van der Waals surface area contributed by atoms with E-state index in [1.807, 2.05) is 6.07 Å². The molecule has 0 aliphatic carbocycles. The van der Waals surface area contributed by atoms with E-state index in [4.69, 9.17) is 4.74 Å². The highest BCUT2D eigenvalue weighted by Crippen LogP contribution is 2.20. The molecule has 1 aromatic heterocycles. The lowest BCUT2D eigenvalue weighted by Crippen LogP contribution is -2.04. The van der Waals surface area contributed by atoms with Crippen LogP contribution in [0.25, 0.3) is 0 Å². The number of aromatic nitrogens is 1. The van der Waals surface area contributed by atoms with Crippen LogP contribution in [0.3, 0.4) is 0 Å². The first-order valence-corrected chi connectivity index (χ1v) is 6.35. The maximum Gasteiger partial charge on any atom is 0.167 e. The molecule has 0 saturated carbocycles. The number of pyridine rings is 1. The summed E-state index contributed by atoms with van der Waals surface area (Å²) in [7, 11) is 1.37. The lowest BCUT2D eigenvalue weighted by molar-refractivity contribution is 0.0992. The Morgan fingerprint density at radius 3 is 2.84 bits per heavy atom. The van der Waals surface area contributed by atoms with Crippen molar-refractivity contribution in [1.29, 1.82) is 0 Å². The highest BCUT2D eigenvalue weighted by molar-refractivity contribution is 9.10. The summed E-state index contributed by atoms with van der Waals surface area (Å²) in [6.07, 6.45) is 3.49. The zero-order chi connectivity index (χ0) is 13.8. The van der Waals surface area contributed by atoms with Gasteiger partial charge in [-0.2, -0.15) is 0 Å². The second kappa shape index (κ2) is 5.93. The van der Waals surface area contributed by atoms with Crippen LogP contribution >= 0.6 is 15.9 Å². The third-order valence-electron chi connectivity index (χ3n) is 2.60. The molecule has 1 heterocycles. The molecule has 0 amide bonds. The van der Waals surface area contributed by atoms with E-state index < -0.39 is 5.82 Å². The number of carbonyl (C=O) groups excluding carboxylic acids is 1. The molecule has 2 rings (SSSR count). The number of carbonyl (C=O) groups is 1. The minimum absolute atomic E-state index is 0.0678. The van der Waals surface area contributed by atoms with Gasteiger partial charge in [0.1, 0.15) is 0 Å². The third-order valence-corrected chi connectivity index (χ3v) is 3.03. The second-order valence-electron chi connectivity index (χ2n) is 3.96. The van der Waals surface area contributed by atoms with Gasteiger partial charge in [0.15, 0.2) is 17.3 Å². The van der Waals surface area contributed by atoms with Crippen LogP contribution in [-0.2, 0) is 6.42 Å². The van der Waals surface area contributed by atoms with Gasteiger partial charge in [-0.25, -0.2) is 4.39 Å². The Kier molecular flexibility index (Phi) is 4.27. The van der Waals surface area contributed by atoms with E-state index in [2.05, 4.69) is 20.9 Å². The van der Waals surface area contributed by atoms with Crippen molar-refractivity contribution in [3.8, 4) is 5.75 Å². The summed E-state index contributed by atoms with van der Waals surface area (Å²) in [5, 5.41) is 0. The van der Waals surface area contributed by atoms with Gasteiger partial charge in [0.2, 0.25) is 0 Å². The fourth-order valence-electron chi connectivity index (χ4n) is 1.67. The van der Waals surface area contributed by atoms with Gasteiger partial charge in [0.05, 0.1) is 7.11 Å². The fraction of sp³-hybridized carbons (Fsp3) is 0.143. The summed E-state index contributed by atoms with van der Waals surface area (Å²) in [4.78, 5) is 16.1. The Labute approximate surface area is 118 Å². The summed E-state index contributed by atoms with van der Waals surface area (Å²) < 4.78 is 18.9. The first-order chi connectivity index (χ1) is 9.10. The highest BCUT2D eigenvalue weighted by Gasteiger charge is 2.11. The van der Waals surface area contributed by atoms with Crippen LogP contribution in [0, 0.1) is 5.82 Å². The molecule has 0 aliphatic rings. The van der Waals surface area contributed by atoms with Crippen molar-refractivity contribution in [2.45, 2.75) is 6.42 Å². The first-order valence-electron chi connectivity index (χ1n) is 5.56. The summed E-state index contributed by atoms with van der Waals surface area (Å²) in [6.45, 7) is 0. The topological polar surface area (TPSA) is 39.2 Å². The lowest BCUT2D eigenvalue weighted by atomic mass is 10.0. The van der Waals surface area contributed by atoms with Crippen molar-refractivity contribution in [3.63, 3.8) is 0 Å². The Bertz CT molecular complexity index is 616. The molecule has 0 spiro atoms. The lowest BCUT2D eigenvalue weighted by Gasteiger charge is -2.05. The molecule has 0 fully saturated rings. The van der Waals surface area contributed by atoms with E-state index in [1.54, 1.807) is 12.4 Å². The van der Waals surface area contributed by atoms with Crippen molar-refractivity contribution in [2.24, 2.45) is 0 Å². The van der Waals surface area contributed by atoms with Gasteiger partial charge in [-0.3, -0.25) is 9.78 Å². The summed E-state index contributed by atoms with van der Waals surface area (Å²) in [6, 6.07) is 5.91. The van der Waals surface area contributed by atoms with Crippen LogP contribution in [-0.4, -0.2) is 17.9 Å². The molecule has 0 radical (unpaired) electrons. The molecule has 1 aromatic carbocycles. The van der Waals surface area contributed by atoms with E-state index in [0.717, 1.165) is 10.0 Å². The maximum absolute atomic E-state index is 13.3. The quantitative estimate of drug-likeness (QED) is 0.809. The number of halogens is 2. The zero-order valence-electron chi connectivity index (χ0n) is 10.2. The average molecular weight is 324 g/mol. The first kappa shape index (κ1) is 13.7. The summed E-state index contributed by atoms with van der Waals surface area (Å²) in [5.41, 5.74) is 1.21. The number of nitrogens with zero attached hydrogens (tertiary/aromatic N) is 1. The van der Waals surface area contributed by atoms with Crippen LogP contribution < -0.4 is 4.74 Å². The van der Waals surface area contributed by atoms with E-state index in [1.165, 1.54) is 25.3 Å². The van der Waals surface area contributed by atoms with Crippen molar-refractivity contribution in [1.82, 2.24) is 4.98 Å². The minimum atomic E-state index is -0.483. The molecular weight excluding hydrogens is 313 g/mol. The normalized spacial score (nSPS) is 10.3. The maximum atomic E-state index is 13.3. The SMILES string of the molecule is COc1cc(C(=O)Cc2cncc(Br)c2)ccc1F. The third kappa shape index (κ3) is 3.38. The molecule has 0 bridgehead atoms. The monoisotopic (exact) mass is 323 g/mol. The molecular formula is C14H11BrFNO2. The van der Waals surface area contributed by atoms with E-state index in [0.29, 0.717) is 5.56 Å². The van der Waals surface area contributed by atoms with Gasteiger partial charge in [-0.1, -0.05) is 0 Å². The van der Waals surface area contributed by atoms with Gasteiger partial charge in [0.25, 0.3) is 0 Å². The van der Waals surface area contributed by atoms with Gasteiger partial charge in [0, 0.05) is 28.9 Å². The van der Waals surface area contributed by atoms with E-state index >= 15 is 0 Å². The molecule has 5 heteroatoms. The molecule has 19 heavy (non-hydrogen) atoms. The van der Waals surface area contributed by atoms with Crippen LogP contribution in [0.2, 0.25) is 0 Å². The summed E-state index contributed by atoms with van der Waals surface area (Å²) >= 11 is 3.30. The number of hydrogen-bond donors (Lipinski definition) is 0. The van der Waals surface area contributed by atoms with Crippen molar-refractivity contribution < 1.29 is 13.9 Å². The van der Waals surface area contributed by atoms with E-state index in [9.17, 15) is 9.18 Å². The van der Waals surface area contributed by atoms with Crippen LogP contribution in [0.1, 0.15) is 15.9 Å². The molecule has 0 aliphatic heterocycles. The van der Waals surface area contributed by atoms with Crippen molar-refractivity contribution in [3.05, 3.63) is 58.1 Å². The number of hydrogen-bond acceptors (Lipinski definition) is 3. The van der Waals surface area contributed by atoms with Crippen LogP contribution in [0.4, 0.5) is 4.39 Å². The standard InChI is InChI=1S/C14H11BrFNO2/c1-19-14-6-10(2-3-12(14)16)13(18)5-9-4-11(15)8-17-7-9/h2-4,6-8H,5H2,1H3.